The van der Waals surface area contributed by atoms with Crippen molar-refractivity contribution in [1.82, 2.24) is 10.6 Å². The topological polar surface area (TPSA) is 41.1 Å². The van der Waals surface area contributed by atoms with Gasteiger partial charge >= 0.3 is 0 Å². The predicted molar refractivity (Wildman–Crippen MR) is 56.0 cm³/mol. The third-order valence-corrected chi connectivity index (χ3v) is 3.48. The molecule has 0 saturated carbocycles. The number of hydrogen-bond acceptors (Lipinski definition) is 2. The van der Waals surface area contributed by atoms with Crippen molar-refractivity contribution in [3.8, 4) is 0 Å². The monoisotopic (exact) mass is 196 g/mol. The lowest BCUT2D eigenvalue weighted by molar-refractivity contribution is -0.121. The molecule has 14 heavy (non-hydrogen) atoms. The first kappa shape index (κ1) is 9.97. The normalized spacial score (nSPS) is 35.6. The van der Waals surface area contributed by atoms with E-state index < -0.39 is 0 Å². The summed E-state index contributed by atoms with van der Waals surface area (Å²) < 4.78 is 0. The Morgan fingerprint density at radius 1 is 1.36 bits per heavy atom. The van der Waals surface area contributed by atoms with Gasteiger partial charge in [0.2, 0.25) is 5.91 Å². The van der Waals surface area contributed by atoms with E-state index in [1.807, 2.05) is 6.92 Å². The Labute approximate surface area is 85.6 Å². The molecule has 2 N–H and O–H groups in total. The number of piperidine rings is 1. The van der Waals surface area contributed by atoms with Crippen LogP contribution in [0.25, 0.3) is 0 Å². The zero-order chi connectivity index (χ0) is 9.97. The Hall–Kier alpha value is -0.570. The molecule has 2 heterocycles. The molecule has 2 rings (SSSR count). The van der Waals surface area contributed by atoms with Crippen molar-refractivity contribution in [3.05, 3.63) is 0 Å². The van der Waals surface area contributed by atoms with Crippen LogP contribution in [0.3, 0.4) is 0 Å². The summed E-state index contributed by atoms with van der Waals surface area (Å²) in [5.41, 5.74) is 0. The van der Waals surface area contributed by atoms with Gasteiger partial charge in [0.15, 0.2) is 0 Å². The zero-order valence-electron chi connectivity index (χ0n) is 8.88. The molecule has 80 valence electrons. The van der Waals surface area contributed by atoms with E-state index in [0.717, 1.165) is 18.6 Å². The van der Waals surface area contributed by atoms with E-state index in [1.165, 1.54) is 25.7 Å². The predicted octanol–water partition coefficient (Wildman–Crippen LogP) is 1.04. The van der Waals surface area contributed by atoms with Gasteiger partial charge in [-0.25, -0.2) is 0 Å². The summed E-state index contributed by atoms with van der Waals surface area (Å²) in [6, 6.07) is 1.47. The summed E-state index contributed by atoms with van der Waals surface area (Å²) in [5.74, 6) is 0.903. The highest BCUT2D eigenvalue weighted by atomic mass is 16.1. The fourth-order valence-electron chi connectivity index (χ4n) is 2.72. The second-order valence-corrected chi connectivity index (χ2v) is 4.63. The Balaban J connectivity index is 1.74. The van der Waals surface area contributed by atoms with Crippen LogP contribution >= 0.6 is 0 Å². The maximum atomic E-state index is 11.1. The van der Waals surface area contributed by atoms with Crippen LogP contribution in [0.5, 0.6) is 0 Å². The first-order valence-electron chi connectivity index (χ1n) is 5.80. The summed E-state index contributed by atoms with van der Waals surface area (Å²) in [4.78, 5) is 11.1. The second-order valence-electron chi connectivity index (χ2n) is 4.63. The third-order valence-electron chi connectivity index (χ3n) is 3.48. The average molecular weight is 196 g/mol. The molecule has 2 fully saturated rings. The molecule has 2 aliphatic rings. The maximum Gasteiger partial charge on any atom is 0.219 e. The average Bonchev–Trinajstić information content (AvgIpc) is 2.54. The van der Waals surface area contributed by atoms with Gasteiger partial charge in [0.1, 0.15) is 0 Å². The Bertz CT molecular complexity index is 205. The SMILES string of the molecule is CCC(=O)NCC1C[C@H]2CC[C@@H](C1)N2. The molecule has 0 aromatic rings. The molecule has 0 aromatic heterocycles. The molecule has 0 aromatic carbocycles. The molecule has 1 amide bonds. The second kappa shape index (κ2) is 4.30. The van der Waals surface area contributed by atoms with Gasteiger partial charge in [-0.1, -0.05) is 6.92 Å². The number of fused-ring (bicyclic) bond motifs is 2. The van der Waals surface area contributed by atoms with Gasteiger partial charge in [-0.05, 0) is 31.6 Å². The highest BCUT2D eigenvalue weighted by Gasteiger charge is 2.33. The van der Waals surface area contributed by atoms with Crippen LogP contribution in [0.4, 0.5) is 0 Å². The number of carbonyl (C=O) groups is 1. The quantitative estimate of drug-likeness (QED) is 0.708. The molecule has 3 heteroatoms. The molecule has 0 aliphatic carbocycles. The van der Waals surface area contributed by atoms with Gasteiger partial charge in [0, 0.05) is 25.0 Å². The van der Waals surface area contributed by atoms with E-state index in [1.54, 1.807) is 0 Å². The van der Waals surface area contributed by atoms with Crippen LogP contribution in [-0.4, -0.2) is 24.5 Å². The summed E-state index contributed by atoms with van der Waals surface area (Å²) in [7, 11) is 0. The van der Waals surface area contributed by atoms with Gasteiger partial charge in [0.25, 0.3) is 0 Å². The molecule has 2 bridgehead atoms. The van der Waals surface area contributed by atoms with Crippen molar-refractivity contribution < 1.29 is 4.79 Å². The molecular formula is C11H20N2O. The van der Waals surface area contributed by atoms with Gasteiger partial charge < -0.3 is 10.6 Å². The minimum absolute atomic E-state index is 0.191. The summed E-state index contributed by atoms with van der Waals surface area (Å²) in [5, 5.41) is 6.61. The number of rotatable bonds is 3. The van der Waals surface area contributed by atoms with Crippen molar-refractivity contribution in [1.29, 1.82) is 0 Å². The van der Waals surface area contributed by atoms with E-state index in [-0.39, 0.29) is 5.91 Å². The van der Waals surface area contributed by atoms with Gasteiger partial charge in [-0.3, -0.25) is 4.79 Å². The standard InChI is InChI=1S/C11H20N2O/c1-2-11(14)12-7-8-5-9-3-4-10(6-8)13-9/h8-10,13H,2-7H2,1H3,(H,12,14)/t8?,9-,10+. The molecular weight excluding hydrogens is 176 g/mol. The van der Waals surface area contributed by atoms with Crippen LogP contribution < -0.4 is 10.6 Å². The molecule has 1 unspecified atom stereocenters. The smallest absolute Gasteiger partial charge is 0.219 e. The zero-order valence-corrected chi connectivity index (χ0v) is 8.88. The van der Waals surface area contributed by atoms with Crippen molar-refractivity contribution in [2.45, 2.75) is 51.1 Å². The molecule has 0 radical (unpaired) electrons. The fourth-order valence-corrected chi connectivity index (χ4v) is 2.72. The highest BCUT2D eigenvalue weighted by molar-refractivity contribution is 5.75. The van der Waals surface area contributed by atoms with E-state index in [0.29, 0.717) is 12.3 Å². The Morgan fingerprint density at radius 2 is 2.00 bits per heavy atom. The Kier molecular flexibility index (Phi) is 3.06. The molecule has 3 atom stereocenters. The summed E-state index contributed by atoms with van der Waals surface area (Å²) >= 11 is 0. The van der Waals surface area contributed by atoms with Crippen LogP contribution in [0, 0.1) is 5.92 Å². The van der Waals surface area contributed by atoms with Crippen LogP contribution in [-0.2, 0) is 4.79 Å². The lowest BCUT2D eigenvalue weighted by Crippen LogP contribution is -2.42. The summed E-state index contributed by atoms with van der Waals surface area (Å²) in [6.45, 7) is 2.79. The molecule has 3 nitrogen and oxygen atoms in total. The van der Waals surface area contributed by atoms with E-state index in [9.17, 15) is 4.79 Å². The fraction of sp³-hybridized carbons (Fsp3) is 0.909. The number of carbonyl (C=O) groups excluding carboxylic acids is 1. The minimum Gasteiger partial charge on any atom is -0.356 e. The van der Waals surface area contributed by atoms with Crippen molar-refractivity contribution in [2.24, 2.45) is 5.92 Å². The van der Waals surface area contributed by atoms with Gasteiger partial charge in [0.05, 0.1) is 0 Å². The number of amides is 1. The third kappa shape index (κ3) is 2.27. The van der Waals surface area contributed by atoms with Gasteiger partial charge in [-0.2, -0.15) is 0 Å². The van der Waals surface area contributed by atoms with E-state index in [2.05, 4.69) is 10.6 Å². The summed E-state index contributed by atoms with van der Waals surface area (Å²) in [6.07, 6.45) is 5.78. The van der Waals surface area contributed by atoms with E-state index in [4.69, 9.17) is 0 Å². The Morgan fingerprint density at radius 3 is 2.57 bits per heavy atom. The molecule has 2 aliphatic heterocycles. The van der Waals surface area contributed by atoms with Crippen molar-refractivity contribution in [3.63, 3.8) is 0 Å². The first-order valence-corrected chi connectivity index (χ1v) is 5.80. The minimum atomic E-state index is 0.191. The van der Waals surface area contributed by atoms with Crippen LogP contribution in [0.1, 0.15) is 39.0 Å². The number of hydrogen-bond donors (Lipinski definition) is 2. The van der Waals surface area contributed by atoms with Crippen molar-refractivity contribution >= 4 is 5.91 Å². The largest absolute Gasteiger partial charge is 0.356 e. The molecule has 2 saturated heterocycles. The molecule has 0 spiro atoms. The van der Waals surface area contributed by atoms with E-state index >= 15 is 0 Å². The van der Waals surface area contributed by atoms with Gasteiger partial charge in [-0.15, -0.1) is 0 Å². The lowest BCUT2D eigenvalue weighted by atomic mass is 9.92. The van der Waals surface area contributed by atoms with Crippen LogP contribution in [0.15, 0.2) is 0 Å². The lowest BCUT2D eigenvalue weighted by Gasteiger charge is -2.29. The first-order chi connectivity index (χ1) is 6.78. The maximum absolute atomic E-state index is 11.1. The van der Waals surface area contributed by atoms with Crippen molar-refractivity contribution in [2.75, 3.05) is 6.54 Å². The number of nitrogens with one attached hydrogen (secondary N) is 2. The van der Waals surface area contributed by atoms with Crippen LogP contribution in [0.2, 0.25) is 0 Å². The highest BCUT2D eigenvalue weighted by Crippen LogP contribution is 2.30.